The van der Waals surface area contributed by atoms with Crippen molar-refractivity contribution in [2.75, 3.05) is 0 Å². The quantitative estimate of drug-likeness (QED) is 0.630. The predicted octanol–water partition coefficient (Wildman–Crippen LogP) is 4.02. The molecule has 0 saturated carbocycles. The van der Waals surface area contributed by atoms with Crippen molar-refractivity contribution in [2.24, 2.45) is 0 Å². The minimum atomic E-state index is 0.423. The van der Waals surface area contributed by atoms with Gasteiger partial charge >= 0.3 is 0 Å². The van der Waals surface area contributed by atoms with E-state index in [2.05, 4.69) is 46.1 Å². The zero-order chi connectivity index (χ0) is 12.7. The SMILES string of the molecule is Cc1ccc(-c2nc3c(Cl)nc(C)nc3s2)cc1. The van der Waals surface area contributed by atoms with Gasteiger partial charge in [-0.05, 0) is 13.8 Å². The van der Waals surface area contributed by atoms with E-state index in [4.69, 9.17) is 11.6 Å². The summed E-state index contributed by atoms with van der Waals surface area (Å²) in [6.45, 7) is 3.89. The summed E-state index contributed by atoms with van der Waals surface area (Å²) in [6.07, 6.45) is 0. The monoisotopic (exact) mass is 275 g/mol. The standard InChI is InChI=1S/C13H10ClN3S/c1-7-3-5-9(6-4-7)12-17-10-11(14)15-8(2)16-13(10)18-12/h3-6H,1-2H3. The van der Waals surface area contributed by atoms with Gasteiger partial charge in [0.05, 0.1) is 0 Å². The van der Waals surface area contributed by atoms with Crippen LogP contribution in [0.1, 0.15) is 11.4 Å². The Kier molecular flexibility index (Phi) is 2.76. The largest absolute Gasteiger partial charge is 0.231 e. The van der Waals surface area contributed by atoms with E-state index in [1.54, 1.807) is 0 Å². The van der Waals surface area contributed by atoms with E-state index in [-0.39, 0.29) is 0 Å². The van der Waals surface area contributed by atoms with E-state index in [9.17, 15) is 0 Å². The normalized spacial score (nSPS) is 11.1. The first kappa shape index (κ1) is 11.6. The van der Waals surface area contributed by atoms with E-state index >= 15 is 0 Å². The number of thiazole rings is 1. The number of hydrogen-bond acceptors (Lipinski definition) is 4. The van der Waals surface area contributed by atoms with Gasteiger partial charge < -0.3 is 0 Å². The van der Waals surface area contributed by atoms with Crippen molar-refractivity contribution in [3.05, 3.63) is 40.8 Å². The Labute approximate surface area is 114 Å². The average molecular weight is 276 g/mol. The Morgan fingerprint density at radius 1 is 1.00 bits per heavy atom. The Morgan fingerprint density at radius 3 is 2.44 bits per heavy atom. The summed E-state index contributed by atoms with van der Waals surface area (Å²) in [4.78, 5) is 13.8. The number of rotatable bonds is 1. The second-order valence-electron chi connectivity index (χ2n) is 4.10. The second-order valence-corrected chi connectivity index (χ2v) is 5.44. The molecule has 3 rings (SSSR count). The highest BCUT2D eigenvalue weighted by atomic mass is 35.5. The molecular formula is C13H10ClN3S. The van der Waals surface area contributed by atoms with Gasteiger partial charge in [-0.1, -0.05) is 52.8 Å². The van der Waals surface area contributed by atoms with Crippen molar-refractivity contribution in [3.8, 4) is 10.6 Å². The lowest BCUT2D eigenvalue weighted by Crippen LogP contribution is -1.87. The van der Waals surface area contributed by atoms with Gasteiger partial charge in [0, 0.05) is 5.56 Å². The first-order chi connectivity index (χ1) is 8.63. The third kappa shape index (κ3) is 1.98. The van der Waals surface area contributed by atoms with Crippen molar-refractivity contribution in [1.82, 2.24) is 15.0 Å². The molecular weight excluding hydrogens is 266 g/mol. The van der Waals surface area contributed by atoms with E-state index in [0.717, 1.165) is 15.4 Å². The van der Waals surface area contributed by atoms with Gasteiger partial charge in [0.25, 0.3) is 0 Å². The number of aromatic nitrogens is 3. The van der Waals surface area contributed by atoms with Gasteiger partial charge in [0.2, 0.25) is 0 Å². The van der Waals surface area contributed by atoms with Crippen LogP contribution in [-0.4, -0.2) is 15.0 Å². The smallest absolute Gasteiger partial charge is 0.159 e. The maximum absolute atomic E-state index is 6.08. The number of benzene rings is 1. The lowest BCUT2D eigenvalue weighted by Gasteiger charge is -1.95. The lowest BCUT2D eigenvalue weighted by atomic mass is 10.2. The molecule has 18 heavy (non-hydrogen) atoms. The highest BCUT2D eigenvalue weighted by Gasteiger charge is 2.11. The van der Waals surface area contributed by atoms with Crippen molar-refractivity contribution in [1.29, 1.82) is 0 Å². The highest BCUT2D eigenvalue weighted by molar-refractivity contribution is 7.21. The Bertz CT molecular complexity index is 719. The van der Waals surface area contributed by atoms with Crippen molar-refractivity contribution < 1.29 is 0 Å². The van der Waals surface area contributed by atoms with Crippen LogP contribution in [0.4, 0.5) is 0 Å². The zero-order valence-corrected chi connectivity index (χ0v) is 11.5. The fraction of sp³-hybridized carbons (Fsp3) is 0.154. The summed E-state index contributed by atoms with van der Waals surface area (Å²) in [7, 11) is 0. The summed E-state index contributed by atoms with van der Waals surface area (Å²) >= 11 is 7.62. The fourth-order valence-electron chi connectivity index (χ4n) is 1.71. The number of fused-ring (bicyclic) bond motifs is 1. The molecule has 5 heteroatoms. The minimum Gasteiger partial charge on any atom is -0.231 e. The molecule has 0 atom stereocenters. The lowest BCUT2D eigenvalue weighted by molar-refractivity contribution is 1.09. The van der Waals surface area contributed by atoms with Gasteiger partial charge in [0.1, 0.15) is 21.2 Å². The van der Waals surface area contributed by atoms with Gasteiger partial charge in [-0.25, -0.2) is 15.0 Å². The van der Waals surface area contributed by atoms with Crippen LogP contribution in [0.2, 0.25) is 5.15 Å². The summed E-state index contributed by atoms with van der Waals surface area (Å²) < 4.78 is 0. The maximum atomic E-state index is 6.08. The highest BCUT2D eigenvalue weighted by Crippen LogP contribution is 2.31. The van der Waals surface area contributed by atoms with Gasteiger partial charge in [-0.2, -0.15) is 0 Å². The van der Waals surface area contributed by atoms with E-state index in [0.29, 0.717) is 16.5 Å². The minimum absolute atomic E-state index is 0.423. The number of nitrogens with zero attached hydrogens (tertiary/aromatic N) is 3. The second kappa shape index (κ2) is 4.30. The molecule has 0 unspecified atom stereocenters. The van der Waals surface area contributed by atoms with Crippen LogP contribution in [-0.2, 0) is 0 Å². The third-order valence-electron chi connectivity index (χ3n) is 2.63. The van der Waals surface area contributed by atoms with Crippen LogP contribution in [0, 0.1) is 13.8 Å². The van der Waals surface area contributed by atoms with Crippen LogP contribution in [0.25, 0.3) is 20.9 Å². The van der Waals surface area contributed by atoms with Crippen LogP contribution in [0.5, 0.6) is 0 Å². The summed E-state index contributed by atoms with van der Waals surface area (Å²) in [6, 6.07) is 8.25. The maximum Gasteiger partial charge on any atom is 0.159 e. The summed E-state index contributed by atoms with van der Waals surface area (Å²) in [5.74, 6) is 0.673. The van der Waals surface area contributed by atoms with Gasteiger partial charge in [0.15, 0.2) is 5.15 Å². The van der Waals surface area contributed by atoms with Crippen LogP contribution in [0.15, 0.2) is 24.3 Å². The Morgan fingerprint density at radius 2 is 1.72 bits per heavy atom. The molecule has 1 aromatic carbocycles. The molecule has 2 aromatic heterocycles. The number of hydrogen-bond donors (Lipinski definition) is 0. The fourth-order valence-corrected chi connectivity index (χ4v) is 3.01. The third-order valence-corrected chi connectivity index (χ3v) is 3.89. The molecule has 0 bridgehead atoms. The Balaban J connectivity index is 2.19. The first-order valence-corrected chi connectivity index (χ1v) is 6.70. The van der Waals surface area contributed by atoms with Crippen LogP contribution >= 0.6 is 22.9 Å². The molecule has 0 N–H and O–H groups in total. The van der Waals surface area contributed by atoms with Gasteiger partial charge in [-0.3, -0.25) is 0 Å². The van der Waals surface area contributed by atoms with Gasteiger partial charge in [-0.15, -0.1) is 0 Å². The van der Waals surface area contributed by atoms with E-state index in [1.807, 2.05) is 6.92 Å². The number of halogens is 1. The molecule has 0 spiro atoms. The molecule has 0 saturated heterocycles. The molecule has 0 aliphatic carbocycles. The molecule has 3 aromatic rings. The van der Waals surface area contributed by atoms with Crippen molar-refractivity contribution in [3.63, 3.8) is 0 Å². The van der Waals surface area contributed by atoms with E-state index in [1.165, 1.54) is 16.9 Å². The molecule has 0 fully saturated rings. The molecule has 2 heterocycles. The average Bonchev–Trinajstić information content (AvgIpc) is 2.74. The van der Waals surface area contributed by atoms with E-state index < -0.39 is 0 Å². The van der Waals surface area contributed by atoms with Crippen LogP contribution < -0.4 is 0 Å². The molecule has 0 radical (unpaired) electrons. The Hall–Kier alpha value is -1.52. The van der Waals surface area contributed by atoms with Crippen molar-refractivity contribution in [2.45, 2.75) is 13.8 Å². The molecule has 0 aliphatic rings. The van der Waals surface area contributed by atoms with Crippen LogP contribution in [0.3, 0.4) is 0 Å². The molecule has 90 valence electrons. The molecule has 0 aliphatic heterocycles. The zero-order valence-electron chi connectivity index (χ0n) is 9.94. The first-order valence-electron chi connectivity index (χ1n) is 5.51. The molecule has 3 nitrogen and oxygen atoms in total. The van der Waals surface area contributed by atoms with Crippen molar-refractivity contribution >= 4 is 33.3 Å². The summed E-state index contributed by atoms with van der Waals surface area (Å²) in [5.41, 5.74) is 2.99. The number of aryl methyl sites for hydroxylation is 2. The topological polar surface area (TPSA) is 38.7 Å². The molecule has 0 amide bonds. The predicted molar refractivity (Wildman–Crippen MR) is 75.1 cm³/mol. The summed E-state index contributed by atoms with van der Waals surface area (Å²) in [5, 5.41) is 1.35.